The van der Waals surface area contributed by atoms with Crippen molar-refractivity contribution in [2.24, 2.45) is 5.73 Å². The van der Waals surface area contributed by atoms with E-state index in [9.17, 15) is 4.79 Å². The zero-order valence-corrected chi connectivity index (χ0v) is 12.3. The van der Waals surface area contributed by atoms with E-state index >= 15 is 0 Å². The number of carbonyl (C=O) groups is 1. The number of hydrogen-bond donors (Lipinski definition) is 1. The summed E-state index contributed by atoms with van der Waals surface area (Å²) in [4.78, 5) is 14.3. The van der Waals surface area contributed by atoms with E-state index < -0.39 is 0 Å². The molecule has 0 heterocycles. The van der Waals surface area contributed by atoms with Crippen LogP contribution in [-0.2, 0) is 11.2 Å². The molecule has 0 aliphatic heterocycles. The van der Waals surface area contributed by atoms with Crippen molar-refractivity contribution in [2.45, 2.75) is 32.6 Å². The maximum Gasteiger partial charge on any atom is 0.222 e. The Balaban J connectivity index is 2.30. The molecule has 0 saturated heterocycles. The fourth-order valence-electron chi connectivity index (χ4n) is 1.95. The van der Waals surface area contributed by atoms with Gasteiger partial charge in [0.1, 0.15) is 0 Å². The number of amides is 1. The smallest absolute Gasteiger partial charge is 0.222 e. The molecule has 0 aliphatic carbocycles. The quantitative estimate of drug-likeness (QED) is 0.743. The van der Waals surface area contributed by atoms with E-state index in [-0.39, 0.29) is 5.91 Å². The van der Waals surface area contributed by atoms with Gasteiger partial charge in [-0.2, -0.15) is 0 Å². The molecule has 1 aromatic rings. The van der Waals surface area contributed by atoms with E-state index in [1.807, 2.05) is 30.0 Å². The molecule has 1 rings (SSSR count). The SMILES string of the molecule is CCN(CCC(N)=S)C(=O)CCCc1ccccc1. The number of carbonyl (C=O) groups excluding carboxylic acids is 1. The first-order valence-corrected chi connectivity index (χ1v) is 7.14. The van der Waals surface area contributed by atoms with E-state index in [0.717, 1.165) is 12.8 Å². The first-order chi connectivity index (χ1) is 9.13. The van der Waals surface area contributed by atoms with Crippen LogP contribution < -0.4 is 5.73 Å². The van der Waals surface area contributed by atoms with Gasteiger partial charge in [-0.1, -0.05) is 42.5 Å². The molecule has 0 radical (unpaired) electrons. The fraction of sp³-hybridized carbons (Fsp3) is 0.467. The predicted octanol–water partition coefficient (Wildman–Crippen LogP) is 2.53. The van der Waals surface area contributed by atoms with E-state index in [0.29, 0.717) is 30.9 Å². The fourth-order valence-corrected chi connectivity index (χ4v) is 2.04. The van der Waals surface area contributed by atoms with E-state index in [4.69, 9.17) is 18.0 Å². The standard InChI is InChI=1S/C15H22N2OS/c1-2-17(12-11-14(16)19)15(18)10-6-9-13-7-4-3-5-8-13/h3-5,7-8H,2,6,9-12H2,1H3,(H2,16,19). The normalized spacial score (nSPS) is 10.2. The van der Waals surface area contributed by atoms with Crippen LogP contribution in [0.4, 0.5) is 0 Å². The first kappa shape index (κ1) is 15.6. The van der Waals surface area contributed by atoms with Crippen LogP contribution in [0.25, 0.3) is 0 Å². The molecule has 4 heteroatoms. The van der Waals surface area contributed by atoms with Crippen LogP contribution in [0.5, 0.6) is 0 Å². The van der Waals surface area contributed by atoms with Crippen LogP contribution >= 0.6 is 12.2 Å². The maximum atomic E-state index is 12.0. The number of rotatable bonds is 8. The molecule has 1 aromatic carbocycles. The third-order valence-corrected chi connectivity index (χ3v) is 3.27. The van der Waals surface area contributed by atoms with Crippen LogP contribution in [0.2, 0.25) is 0 Å². The number of nitrogens with two attached hydrogens (primary N) is 1. The summed E-state index contributed by atoms with van der Waals surface area (Å²) in [6, 6.07) is 10.2. The molecule has 0 fully saturated rings. The van der Waals surface area contributed by atoms with Crippen molar-refractivity contribution in [3.63, 3.8) is 0 Å². The van der Waals surface area contributed by atoms with Gasteiger partial charge in [-0.3, -0.25) is 4.79 Å². The van der Waals surface area contributed by atoms with E-state index in [1.54, 1.807) is 0 Å². The summed E-state index contributed by atoms with van der Waals surface area (Å²) in [5, 5.41) is 0. The number of hydrogen-bond acceptors (Lipinski definition) is 2. The minimum Gasteiger partial charge on any atom is -0.393 e. The molecule has 0 atom stereocenters. The lowest BCUT2D eigenvalue weighted by atomic mass is 10.1. The van der Waals surface area contributed by atoms with Crippen LogP contribution in [0, 0.1) is 0 Å². The zero-order valence-electron chi connectivity index (χ0n) is 11.5. The Kier molecular flexibility index (Phi) is 7.11. The summed E-state index contributed by atoms with van der Waals surface area (Å²) in [5.74, 6) is 0.190. The Labute approximate surface area is 120 Å². The van der Waals surface area contributed by atoms with Gasteiger partial charge in [-0.15, -0.1) is 0 Å². The van der Waals surface area contributed by atoms with E-state index in [1.165, 1.54) is 5.56 Å². The molecular formula is C15H22N2OS. The summed E-state index contributed by atoms with van der Waals surface area (Å²) in [5.41, 5.74) is 6.74. The number of thiocarbonyl (C=S) groups is 1. The van der Waals surface area contributed by atoms with Crippen LogP contribution in [0.15, 0.2) is 30.3 Å². The second kappa shape index (κ2) is 8.64. The third kappa shape index (κ3) is 6.34. The van der Waals surface area contributed by atoms with Gasteiger partial charge in [0.25, 0.3) is 0 Å². The Bertz CT molecular complexity index is 406. The van der Waals surface area contributed by atoms with Crippen LogP contribution in [0.3, 0.4) is 0 Å². The maximum absolute atomic E-state index is 12.0. The summed E-state index contributed by atoms with van der Waals surface area (Å²) >= 11 is 4.84. The topological polar surface area (TPSA) is 46.3 Å². The molecule has 0 spiro atoms. The molecule has 3 nitrogen and oxygen atoms in total. The van der Waals surface area contributed by atoms with Gasteiger partial charge >= 0.3 is 0 Å². The molecule has 104 valence electrons. The minimum atomic E-state index is 0.190. The molecule has 0 unspecified atom stereocenters. The van der Waals surface area contributed by atoms with Crippen molar-refractivity contribution in [1.29, 1.82) is 0 Å². The number of nitrogens with zero attached hydrogens (tertiary/aromatic N) is 1. The number of benzene rings is 1. The Morgan fingerprint density at radius 3 is 2.53 bits per heavy atom. The predicted molar refractivity (Wildman–Crippen MR) is 83.0 cm³/mol. The minimum absolute atomic E-state index is 0.190. The van der Waals surface area contributed by atoms with Gasteiger partial charge < -0.3 is 10.6 Å². The molecule has 0 aliphatic rings. The second-order valence-electron chi connectivity index (χ2n) is 4.53. The Hall–Kier alpha value is -1.42. The lowest BCUT2D eigenvalue weighted by molar-refractivity contribution is -0.131. The zero-order chi connectivity index (χ0) is 14.1. The second-order valence-corrected chi connectivity index (χ2v) is 5.05. The summed E-state index contributed by atoms with van der Waals surface area (Å²) in [6.45, 7) is 3.33. The van der Waals surface area contributed by atoms with Crippen molar-refractivity contribution in [3.05, 3.63) is 35.9 Å². The molecule has 0 saturated carbocycles. The molecular weight excluding hydrogens is 256 g/mol. The highest BCUT2D eigenvalue weighted by Crippen LogP contribution is 2.06. The lowest BCUT2D eigenvalue weighted by Crippen LogP contribution is -2.33. The highest BCUT2D eigenvalue weighted by Gasteiger charge is 2.11. The van der Waals surface area contributed by atoms with Crippen LogP contribution in [0.1, 0.15) is 31.7 Å². The molecule has 19 heavy (non-hydrogen) atoms. The van der Waals surface area contributed by atoms with Gasteiger partial charge in [-0.05, 0) is 25.3 Å². The highest BCUT2D eigenvalue weighted by atomic mass is 32.1. The molecule has 1 amide bonds. The Morgan fingerprint density at radius 2 is 1.95 bits per heavy atom. The van der Waals surface area contributed by atoms with Gasteiger partial charge in [0.2, 0.25) is 5.91 Å². The van der Waals surface area contributed by atoms with Gasteiger partial charge in [-0.25, -0.2) is 0 Å². The Morgan fingerprint density at radius 1 is 1.26 bits per heavy atom. The highest BCUT2D eigenvalue weighted by molar-refractivity contribution is 7.80. The van der Waals surface area contributed by atoms with E-state index in [2.05, 4.69) is 12.1 Å². The van der Waals surface area contributed by atoms with Gasteiger partial charge in [0, 0.05) is 25.9 Å². The van der Waals surface area contributed by atoms with Crippen molar-refractivity contribution < 1.29 is 4.79 Å². The number of aryl methyl sites for hydroxylation is 1. The summed E-state index contributed by atoms with van der Waals surface area (Å²) in [7, 11) is 0. The average molecular weight is 278 g/mol. The third-order valence-electron chi connectivity index (χ3n) is 3.06. The van der Waals surface area contributed by atoms with Gasteiger partial charge in [0.15, 0.2) is 0 Å². The summed E-state index contributed by atoms with van der Waals surface area (Å²) in [6.07, 6.45) is 3.01. The van der Waals surface area contributed by atoms with Crippen molar-refractivity contribution in [2.75, 3.05) is 13.1 Å². The summed E-state index contributed by atoms with van der Waals surface area (Å²) < 4.78 is 0. The molecule has 0 aromatic heterocycles. The van der Waals surface area contributed by atoms with Crippen LogP contribution in [-0.4, -0.2) is 28.9 Å². The molecule has 2 N–H and O–H groups in total. The average Bonchev–Trinajstić information content (AvgIpc) is 2.40. The van der Waals surface area contributed by atoms with Crippen molar-refractivity contribution in [3.8, 4) is 0 Å². The van der Waals surface area contributed by atoms with Crippen molar-refractivity contribution in [1.82, 2.24) is 4.90 Å². The van der Waals surface area contributed by atoms with Gasteiger partial charge in [0.05, 0.1) is 4.99 Å². The monoisotopic (exact) mass is 278 g/mol. The largest absolute Gasteiger partial charge is 0.393 e. The lowest BCUT2D eigenvalue weighted by Gasteiger charge is -2.20. The van der Waals surface area contributed by atoms with Crippen molar-refractivity contribution >= 4 is 23.1 Å². The first-order valence-electron chi connectivity index (χ1n) is 6.73. The molecule has 0 bridgehead atoms.